The minimum absolute atomic E-state index is 0.0422. The first-order chi connectivity index (χ1) is 9.96. The van der Waals surface area contributed by atoms with Crippen molar-refractivity contribution in [2.75, 3.05) is 32.8 Å². The highest BCUT2D eigenvalue weighted by molar-refractivity contribution is 7.86. The molecular weight excluding hydrogens is 292 g/mol. The summed E-state index contributed by atoms with van der Waals surface area (Å²) in [5.41, 5.74) is 0. The molecule has 2 heterocycles. The van der Waals surface area contributed by atoms with Crippen molar-refractivity contribution in [2.24, 2.45) is 5.92 Å². The van der Waals surface area contributed by atoms with Crippen LogP contribution >= 0.6 is 0 Å². The molecule has 0 aromatic rings. The van der Waals surface area contributed by atoms with Gasteiger partial charge in [-0.2, -0.15) is 17.0 Å². The number of ether oxygens (including phenoxy) is 2. The monoisotopic (exact) mass is 318 g/mol. The van der Waals surface area contributed by atoms with E-state index in [0.717, 1.165) is 25.9 Å². The number of nitrogens with zero attached hydrogens (tertiary/aromatic N) is 2. The van der Waals surface area contributed by atoms with Crippen molar-refractivity contribution in [3.63, 3.8) is 0 Å². The Morgan fingerprint density at radius 3 is 2.33 bits per heavy atom. The van der Waals surface area contributed by atoms with Crippen LogP contribution in [0.3, 0.4) is 0 Å². The van der Waals surface area contributed by atoms with Gasteiger partial charge >= 0.3 is 0 Å². The molecule has 0 amide bonds. The minimum Gasteiger partial charge on any atom is -0.381 e. The van der Waals surface area contributed by atoms with Gasteiger partial charge in [0.25, 0.3) is 10.2 Å². The Balaban J connectivity index is 1.73. The van der Waals surface area contributed by atoms with E-state index in [9.17, 15) is 8.42 Å². The smallest absolute Gasteiger partial charge is 0.282 e. The third kappa shape index (κ3) is 3.59. The standard InChI is InChI=1S/C14H26N2O4S/c1-11-7-15(8-12(2)20-11)21(17,18)16(14-3-4-14)9-13-5-6-19-10-13/h11-14H,3-10H2,1-2H3/t11-,12-,13-/m1/s1. The summed E-state index contributed by atoms with van der Waals surface area (Å²) < 4.78 is 40.4. The van der Waals surface area contributed by atoms with Gasteiger partial charge in [0.15, 0.2) is 0 Å². The Bertz CT molecular complexity index is 450. The zero-order valence-corrected chi connectivity index (χ0v) is 13.7. The predicted molar refractivity (Wildman–Crippen MR) is 79.2 cm³/mol. The van der Waals surface area contributed by atoms with Crippen LogP contribution in [-0.2, 0) is 19.7 Å². The summed E-state index contributed by atoms with van der Waals surface area (Å²) in [5.74, 6) is 0.344. The van der Waals surface area contributed by atoms with E-state index >= 15 is 0 Å². The molecule has 3 rings (SSSR count). The lowest BCUT2D eigenvalue weighted by Gasteiger charge is -2.38. The summed E-state index contributed by atoms with van der Waals surface area (Å²) in [6, 6.07) is 0.198. The zero-order chi connectivity index (χ0) is 15.0. The van der Waals surface area contributed by atoms with Gasteiger partial charge in [-0.3, -0.25) is 0 Å². The predicted octanol–water partition coefficient (Wildman–Crippen LogP) is 0.841. The molecule has 1 saturated carbocycles. The molecule has 0 bridgehead atoms. The maximum absolute atomic E-state index is 13.0. The SMILES string of the molecule is C[C@@H]1CN(S(=O)(=O)N(C[C@H]2CCOC2)C2CC2)C[C@@H](C)O1. The van der Waals surface area contributed by atoms with Crippen molar-refractivity contribution in [1.29, 1.82) is 0 Å². The minimum atomic E-state index is -3.38. The normalized spacial score (nSPS) is 35.5. The second kappa shape index (κ2) is 6.12. The van der Waals surface area contributed by atoms with Gasteiger partial charge < -0.3 is 9.47 Å². The van der Waals surface area contributed by atoms with Gasteiger partial charge in [-0.15, -0.1) is 0 Å². The average molecular weight is 318 g/mol. The molecule has 2 saturated heterocycles. The third-order valence-corrected chi connectivity index (χ3v) is 6.42. The Morgan fingerprint density at radius 1 is 1.14 bits per heavy atom. The quantitative estimate of drug-likeness (QED) is 0.754. The first-order valence-electron chi connectivity index (χ1n) is 7.97. The molecule has 3 fully saturated rings. The van der Waals surface area contributed by atoms with Gasteiger partial charge in [-0.05, 0) is 39.0 Å². The lowest BCUT2D eigenvalue weighted by molar-refractivity contribution is -0.0456. The van der Waals surface area contributed by atoms with E-state index in [4.69, 9.17) is 9.47 Å². The molecule has 3 aliphatic rings. The molecule has 1 aliphatic carbocycles. The van der Waals surface area contributed by atoms with Gasteiger partial charge in [0.1, 0.15) is 0 Å². The molecular formula is C14H26N2O4S. The van der Waals surface area contributed by atoms with Crippen LogP contribution in [0.15, 0.2) is 0 Å². The van der Waals surface area contributed by atoms with E-state index in [1.54, 1.807) is 8.61 Å². The van der Waals surface area contributed by atoms with Gasteiger partial charge in [0.05, 0.1) is 18.8 Å². The first-order valence-corrected chi connectivity index (χ1v) is 9.36. The highest BCUT2D eigenvalue weighted by atomic mass is 32.2. The molecule has 122 valence electrons. The molecule has 6 nitrogen and oxygen atoms in total. The van der Waals surface area contributed by atoms with Crippen LogP contribution < -0.4 is 0 Å². The van der Waals surface area contributed by atoms with Crippen molar-refractivity contribution in [3.05, 3.63) is 0 Å². The second-order valence-electron chi connectivity index (χ2n) is 6.61. The van der Waals surface area contributed by atoms with Gasteiger partial charge in [-0.1, -0.05) is 0 Å². The summed E-state index contributed by atoms with van der Waals surface area (Å²) >= 11 is 0. The Kier molecular flexibility index (Phi) is 4.57. The molecule has 21 heavy (non-hydrogen) atoms. The van der Waals surface area contributed by atoms with E-state index in [0.29, 0.717) is 32.2 Å². The highest BCUT2D eigenvalue weighted by Gasteiger charge is 2.43. The van der Waals surface area contributed by atoms with Crippen LogP contribution in [-0.4, -0.2) is 68.1 Å². The molecule has 0 aromatic carbocycles. The van der Waals surface area contributed by atoms with E-state index in [1.165, 1.54) is 0 Å². The van der Waals surface area contributed by atoms with E-state index in [-0.39, 0.29) is 18.2 Å². The molecule has 0 N–H and O–H groups in total. The van der Waals surface area contributed by atoms with Crippen LogP contribution in [0.5, 0.6) is 0 Å². The number of morpholine rings is 1. The summed E-state index contributed by atoms with van der Waals surface area (Å²) in [6.45, 7) is 6.83. The lowest BCUT2D eigenvalue weighted by Crippen LogP contribution is -2.54. The van der Waals surface area contributed by atoms with Gasteiger partial charge in [-0.25, -0.2) is 0 Å². The molecule has 3 atom stereocenters. The Labute approximate surface area is 127 Å². The van der Waals surface area contributed by atoms with E-state index < -0.39 is 10.2 Å². The van der Waals surface area contributed by atoms with Crippen LogP contribution in [0.4, 0.5) is 0 Å². The molecule has 0 aromatic heterocycles. The zero-order valence-electron chi connectivity index (χ0n) is 12.9. The summed E-state index contributed by atoms with van der Waals surface area (Å²) in [6.07, 6.45) is 2.86. The van der Waals surface area contributed by atoms with Gasteiger partial charge in [0.2, 0.25) is 0 Å². The first kappa shape index (κ1) is 15.7. The van der Waals surface area contributed by atoms with Crippen molar-refractivity contribution in [3.8, 4) is 0 Å². The Hall–Kier alpha value is -0.210. The fourth-order valence-corrected chi connectivity index (χ4v) is 5.32. The number of hydrogen-bond acceptors (Lipinski definition) is 4. The highest BCUT2D eigenvalue weighted by Crippen LogP contribution is 2.33. The molecule has 0 unspecified atom stereocenters. The van der Waals surface area contributed by atoms with Crippen LogP contribution in [0.25, 0.3) is 0 Å². The number of rotatable bonds is 5. The summed E-state index contributed by atoms with van der Waals surface area (Å²) in [7, 11) is -3.38. The molecule has 2 aliphatic heterocycles. The van der Waals surface area contributed by atoms with Gasteiger partial charge in [0, 0.05) is 32.3 Å². The third-order valence-electron chi connectivity index (χ3n) is 4.43. The Morgan fingerprint density at radius 2 is 1.81 bits per heavy atom. The molecule has 0 spiro atoms. The number of hydrogen-bond donors (Lipinski definition) is 0. The van der Waals surface area contributed by atoms with Crippen molar-refractivity contribution in [2.45, 2.75) is 51.4 Å². The van der Waals surface area contributed by atoms with E-state index in [2.05, 4.69) is 0 Å². The van der Waals surface area contributed by atoms with Crippen LogP contribution in [0.2, 0.25) is 0 Å². The summed E-state index contributed by atoms with van der Waals surface area (Å²) in [4.78, 5) is 0. The van der Waals surface area contributed by atoms with Crippen molar-refractivity contribution >= 4 is 10.2 Å². The maximum Gasteiger partial charge on any atom is 0.282 e. The van der Waals surface area contributed by atoms with E-state index in [1.807, 2.05) is 13.8 Å². The lowest BCUT2D eigenvalue weighted by atomic mass is 10.1. The van der Waals surface area contributed by atoms with Crippen molar-refractivity contribution < 1.29 is 17.9 Å². The largest absolute Gasteiger partial charge is 0.381 e. The fourth-order valence-electron chi connectivity index (χ4n) is 3.24. The van der Waals surface area contributed by atoms with Crippen LogP contribution in [0, 0.1) is 5.92 Å². The second-order valence-corrected chi connectivity index (χ2v) is 8.49. The van der Waals surface area contributed by atoms with Crippen molar-refractivity contribution in [1.82, 2.24) is 8.61 Å². The topological polar surface area (TPSA) is 59.1 Å². The average Bonchev–Trinajstić information content (AvgIpc) is 3.11. The van der Waals surface area contributed by atoms with Crippen LogP contribution in [0.1, 0.15) is 33.1 Å². The molecule has 0 radical (unpaired) electrons. The maximum atomic E-state index is 13.0. The fraction of sp³-hybridized carbons (Fsp3) is 1.00. The summed E-state index contributed by atoms with van der Waals surface area (Å²) in [5, 5.41) is 0. The molecule has 7 heteroatoms.